The number of nitrogens with zero attached hydrogens (tertiary/aromatic N) is 1. The van der Waals surface area contributed by atoms with E-state index in [0.29, 0.717) is 12.6 Å². The molecule has 1 fully saturated rings. The average molecular weight is 292 g/mol. The smallest absolute Gasteiger partial charge is 0.0933 e. The molecule has 0 bridgehead atoms. The van der Waals surface area contributed by atoms with Crippen LogP contribution in [0, 0.1) is 6.92 Å². The van der Waals surface area contributed by atoms with Gasteiger partial charge in [-0.1, -0.05) is 36.8 Å². The fraction of sp³-hybridized carbons (Fsp3) is 0.647. The van der Waals surface area contributed by atoms with Gasteiger partial charge >= 0.3 is 0 Å². The number of ether oxygens (including phenoxy) is 1. The molecule has 4 nitrogen and oxygen atoms in total. The number of morpholine rings is 1. The summed E-state index contributed by atoms with van der Waals surface area (Å²) < 4.78 is 5.66. The monoisotopic (exact) mass is 292 g/mol. The maximum absolute atomic E-state index is 9.40. The van der Waals surface area contributed by atoms with E-state index in [4.69, 9.17) is 10.5 Å². The van der Waals surface area contributed by atoms with E-state index in [2.05, 4.69) is 49.9 Å². The van der Waals surface area contributed by atoms with Crippen molar-refractivity contribution >= 4 is 0 Å². The molecule has 118 valence electrons. The first-order chi connectivity index (χ1) is 10.1. The maximum Gasteiger partial charge on any atom is 0.0933 e. The highest BCUT2D eigenvalue weighted by atomic mass is 16.5. The summed E-state index contributed by atoms with van der Waals surface area (Å²) in [5.74, 6) is 0. The first-order valence-electron chi connectivity index (χ1n) is 7.87. The van der Waals surface area contributed by atoms with E-state index in [1.54, 1.807) is 0 Å². The largest absolute Gasteiger partial charge is 0.394 e. The minimum atomic E-state index is -0.113. The van der Waals surface area contributed by atoms with Gasteiger partial charge in [-0.05, 0) is 25.8 Å². The van der Waals surface area contributed by atoms with Crippen molar-refractivity contribution in [3.05, 3.63) is 35.4 Å². The van der Waals surface area contributed by atoms with Crippen LogP contribution in [0.25, 0.3) is 0 Å². The van der Waals surface area contributed by atoms with Crippen LogP contribution in [0.15, 0.2) is 24.3 Å². The summed E-state index contributed by atoms with van der Waals surface area (Å²) in [6, 6.07) is 9.17. The van der Waals surface area contributed by atoms with Crippen molar-refractivity contribution < 1.29 is 9.84 Å². The Morgan fingerprint density at radius 1 is 1.38 bits per heavy atom. The summed E-state index contributed by atoms with van der Waals surface area (Å²) in [6.45, 7) is 7.81. The Balaban J connectivity index is 2.28. The number of rotatable bonds is 5. The molecule has 0 spiro atoms. The van der Waals surface area contributed by atoms with Gasteiger partial charge < -0.3 is 15.6 Å². The molecular weight excluding hydrogens is 264 g/mol. The van der Waals surface area contributed by atoms with Gasteiger partial charge in [-0.25, -0.2) is 0 Å². The van der Waals surface area contributed by atoms with Gasteiger partial charge in [0.05, 0.1) is 25.4 Å². The SMILES string of the molecule is CCC(N)C(c1ccc(C)cc1)N1CC(CO)OCC1C. The van der Waals surface area contributed by atoms with Crippen molar-refractivity contribution in [2.45, 2.75) is 51.4 Å². The van der Waals surface area contributed by atoms with Gasteiger partial charge in [-0.3, -0.25) is 4.90 Å². The van der Waals surface area contributed by atoms with Crippen molar-refractivity contribution in [1.29, 1.82) is 0 Å². The molecule has 0 aliphatic carbocycles. The number of hydrogen-bond acceptors (Lipinski definition) is 4. The molecule has 2 rings (SSSR count). The maximum atomic E-state index is 9.40. The lowest BCUT2D eigenvalue weighted by Gasteiger charge is -2.44. The Morgan fingerprint density at radius 2 is 2.05 bits per heavy atom. The third-order valence-electron chi connectivity index (χ3n) is 4.41. The summed E-state index contributed by atoms with van der Waals surface area (Å²) in [5, 5.41) is 9.40. The highest BCUT2D eigenvalue weighted by Gasteiger charge is 2.34. The molecule has 3 N–H and O–H groups in total. The number of aryl methyl sites for hydroxylation is 1. The molecule has 1 aliphatic heterocycles. The van der Waals surface area contributed by atoms with Crippen molar-refractivity contribution in [2.24, 2.45) is 5.73 Å². The van der Waals surface area contributed by atoms with Gasteiger partial charge in [0.1, 0.15) is 0 Å². The van der Waals surface area contributed by atoms with E-state index in [-0.39, 0.29) is 24.8 Å². The van der Waals surface area contributed by atoms with Gasteiger partial charge in [-0.15, -0.1) is 0 Å². The molecule has 1 aromatic rings. The van der Waals surface area contributed by atoms with Crippen molar-refractivity contribution in [1.82, 2.24) is 4.90 Å². The number of aliphatic hydroxyl groups is 1. The quantitative estimate of drug-likeness (QED) is 0.869. The normalized spacial score (nSPS) is 26.5. The van der Waals surface area contributed by atoms with Crippen molar-refractivity contribution in [3.63, 3.8) is 0 Å². The third-order valence-corrected chi connectivity index (χ3v) is 4.41. The van der Waals surface area contributed by atoms with E-state index in [0.717, 1.165) is 13.0 Å². The molecule has 4 atom stereocenters. The second kappa shape index (κ2) is 7.36. The van der Waals surface area contributed by atoms with Crippen LogP contribution >= 0.6 is 0 Å². The fourth-order valence-electron chi connectivity index (χ4n) is 3.01. The topological polar surface area (TPSA) is 58.7 Å². The lowest BCUT2D eigenvalue weighted by atomic mass is 9.93. The Kier molecular flexibility index (Phi) is 5.76. The first kappa shape index (κ1) is 16.4. The second-order valence-electron chi connectivity index (χ2n) is 6.11. The number of aliphatic hydroxyl groups excluding tert-OH is 1. The molecule has 4 heteroatoms. The lowest BCUT2D eigenvalue weighted by molar-refractivity contribution is -0.0948. The summed E-state index contributed by atoms with van der Waals surface area (Å²) in [7, 11) is 0. The van der Waals surface area contributed by atoms with Crippen LogP contribution in [-0.2, 0) is 4.74 Å². The number of benzene rings is 1. The van der Waals surface area contributed by atoms with Crippen LogP contribution in [0.5, 0.6) is 0 Å². The van der Waals surface area contributed by atoms with Crippen molar-refractivity contribution in [3.8, 4) is 0 Å². The third kappa shape index (κ3) is 3.83. The van der Waals surface area contributed by atoms with Crippen LogP contribution in [0.4, 0.5) is 0 Å². The molecule has 1 saturated heterocycles. The predicted molar refractivity (Wildman–Crippen MR) is 85.2 cm³/mol. The van der Waals surface area contributed by atoms with Gasteiger partial charge in [0.25, 0.3) is 0 Å². The van der Waals surface area contributed by atoms with E-state index >= 15 is 0 Å². The van der Waals surface area contributed by atoms with Gasteiger partial charge in [0.15, 0.2) is 0 Å². The number of nitrogens with two attached hydrogens (primary N) is 1. The molecule has 0 saturated carbocycles. The van der Waals surface area contributed by atoms with Crippen molar-refractivity contribution in [2.75, 3.05) is 19.8 Å². The van der Waals surface area contributed by atoms with E-state index in [1.165, 1.54) is 11.1 Å². The van der Waals surface area contributed by atoms with Crippen LogP contribution in [-0.4, -0.2) is 48.0 Å². The molecule has 21 heavy (non-hydrogen) atoms. The molecule has 1 aliphatic rings. The summed E-state index contributed by atoms with van der Waals surface area (Å²) >= 11 is 0. The summed E-state index contributed by atoms with van der Waals surface area (Å²) in [4.78, 5) is 2.39. The van der Waals surface area contributed by atoms with E-state index in [1.807, 2.05) is 0 Å². The van der Waals surface area contributed by atoms with Gasteiger partial charge in [-0.2, -0.15) is 0 Å². The zero-order valence-electron chi connectivity index (χ0n) is 13.3. The Labute approximate surface area is 127 Å². The molecule has 0 radical (unpaired) electrons. The van der Waals surface area contributed by atoms with E-state index in [9.17, 15) is 5.11 Å². The molecule has 1 aromatic carbocycles. The molecule has 1 heterocycles. The van der Waals surface area contributed by atoms with E-state index < -0.39 is 0 Å². The van der Waals surface area contributed by atoms with Crippen LogP contribution in [0.2, 0.25) is 0 Å². The fourth-order valence-corrected chi connectivity index (χ4v) is 3.01. The molecule has 0 amide bonds. The molecular formula is C17H28N2O2. The lowest BCUT2D eigenvalue weighted by Crippen LogP contribution is -2.54. The highest BCUT2D eigenvalue weighted by Crippen LogP contribution is 2.30. The van der Waals surface area contributed by atoms with Gasteiger partial charge in [0, 0.05) is 18.6 Å². The van der Waals surface area contributed by atoms with Crippen LogP contribution < -0.4 is 5.73 Å². The molecule has 4 unspecified atom stereocenters. The molecule has 0 aromatic heterocycles. The highest BCUT2D eigenvalue weighted by molar-refractivity contribution is 5.25. The average Bonchev–Trinajstić information content (AvgIpc) is 2.51. The van der Waals surface area contributed by atoms with Gasteiger partial charge in [0.2, 0.25) is 0 Å². The van der Waals surface area contributed by atoms with Crippen LogP contribution in [0.3, 0.4) is 0 Å². The number of hydrogen-bond donors (Lipinski definition) is 2. The standard InChI is InChI=1S/C17H28N2O2/c1-4-16(18)17(14-7-5-12(2)6-8-14)19-9-15(10-20)21-11-13(19)3/h5-8,13,15-17,20H,4,9-11,18H2,1-3H3. The minimum absolute atomic E-state index is 0.0607. The Hall–Kier alpha value is -0.940. The Morgan fingerprint density at radius 3 is 2.62 bits per heavy atom. The summed E-state index contributed by atoms with van der Waals surface area (Å²) in [6.07, 6.45) is 0.810. The zero-order valence-corrected chi connectivity index (χ0v) is 13.3. The first-order valence-corrected chi connectivity index (χ1v) is 7.87. The minimum Gasteiger partial charge on any atom is -0.394 e. The van der Waals surface area contributed by atoms with Crippen LogP contribution in [0.1, 0.15) is 37.4 Å². The second-order valence-corrected chi connectivity index (χ2v) is 6.11. The summed E-state index contributed by atoms with van der Waals surface area (Å²) in [5.41, 5.74) is 8.93. The predicted octanol–water partition coefficient (Wildman–Crippen LogP) is 1.86. The Bertz CT molecular complexity index is 435. The zero-order chi connectivity index (χ0) is 15.4.